The number of carbonyl (C=O) groups is 1. The molecule has 1 aliphatic carbocycles. The van der Waals surface area contributed by atoms with Crippen LogP contribution in [-0.4, -0.2) is 64.6 Å². The van der Waals surface area contributed by atoms with Gasteiger partial charge in [0, 0.05) is 49.4 Å². The number of benzene rings is 1. The van der Waals surface area contributed by atoms with Crippen LogP contribution in [-0.2, 0) is 17.8 Å². The zero-order valence-corrected chi connectivity index (χ0v) is 17.4. The van der Waals surface area contributed by atoms with Gasteiger partial charge < -0.3 is 25.0 Å². The molecule has 4 unspecified atom stereocenters. The van der Waals surface area contributed by atoms with Crippen molar-refractivity contribution in [3.05, 3.63) is 29.5 Å². The highest BCUT2D eigenvalue weighted by atomic mass is 16.5. The van der Waals surface area contributed by atoms with E-state index < -0.39 is 18.0 Å². The number of methoxy groups -OCH3 is 1. The third-order valence-electron chi connectivity index (χ3n) is 6.55. The molecule has 0 bridgehead atoms. The lowest BCUT2D eigenvalue weighted by atomic mass is 9.71. The van der Waals surface area contributed by atoms with Crippen molar-refractivity contribution in [2.75, 3.05) is 27.3 Å². The number of aromatic amines is 1. The van der Waals surface area contributed by atoms with Crippen molar-refractivity contribution in [1.82, 2.24) is 9.88 Å². The predicted octanol–water partition coefficient (Wildman–Crippen LogP) is 2.25. The fourth-order valence-electron chi connectivity index (χ4n) is 4.96. The molecule has 0 amide bonds. The number of aromatic nitrogens is 1. The first-order valence-electron chi connectivity index (χ1n) is 10.2. The first kappa shape index (κ1) is 21.6. The smallest absolute Gasteiger partial charge is 0.306 e. The normalized spacial score (nSPS) is 27.1. The summed E-state index contributed by atoms with van der Waals surface area (Å²) in [5, 5.41) is 27.9. The summed E-state index contributed by atoms with van der Waals surface area (Å²) in [7, 11) is 2.68. The van der Waals surface area contributed by atoms with E-state index in [1.165, 1.54) is 16.6 Å². The summed E-state index contributed by atoms with van der Waals surface area (Å²) in [6.07, 6.45) is 1.54. The van der Waals surface area contributed by atoms with Gasteiger partial charge >= 0.3 is 5.97 Å². The van der Waals surface area contributed by atoms with Crippen molar-refractivity contribution in [2.24, 2.45) is 17.8 Å². The Morgan fingerprint density at radius 2 is 2.07 bits per heavy atom. The Morgan fingerprint density at radius 1 is 1.31 bits per heavy atom. The number of aliphatic carboxylic acids is 1. The predicted molar refractivity (Wildman–Crippen MR) is 111 cm³/mol. The molecule has 2 heterocycles. The quantitative estimate of drug-likeness (QED) is 0.623. The summed E-state index contributed by atoms with van der Waals surface area (Å²) in [5.41, 5.74) is 3.72. The average Bonchev–Trinajstić information content (AvgIpc) is 3.08. The molecule has 1 aliphatic heterocycles. The van der Waals surface area contributed by atoms with E-state index in [-0.39, 0.29) is 11.8 Å². The SMILES string of the molecule is CO.COc1ccc2c3c([nH]c2c1)CN(CC1CC(O)CC(C(=O)O)C1C)CC3. The van der Waals surface area contributed by atoms with Gasteiger partial charge in [0.2, 0.25) is 0 Å². The zero-order chi connectivity index (χ0) is 21.1. The molecular weight excluding hydrogens is 372 g/mol. The number of nitrogens with one attached hydrogen (secondary N) is 1. The van der Waals surface area contributed by atoms with Gasteiger partial charge in [-0.15, -0.1) is 0 Å². The first-order valence-corrected chi connectivity index (χ1v) is 10.2. The molecule has 4 atom stereocenters. The van der Waals surface area contributed by atoms with Crippen LogP contribution in [0.1, 0.15) is 31.0 Å². The molecule has 2 aliphatic rings. The maximum absolute atomic E-state index is 11.5. The molecule has 4 N–H and O–H groups in total. The van der Waals surface area contributed by atoms with Crippen LogP contribution in [0.15, 0.2) is 18.2 Å². The summed E-state index contributed by atoms with van der Waals surface area (Å²) >= 11 is 0. The van der Waals surface area contributed by atoms with Gasteiger partial charge in [-0.1, -0.05) is 6.92 Å². The summed E-state index contributed by atoms with van der Waals surface area (Å²) in [6.45, 7) is 4.66. The number of aliphatic hydroxyl groups excluding tert-OH is 2. The summed E-state index contributed by atoms with van der Waals surface area (Å²) < 4.78 is 5.33. The van der Waals surface area contributed by atoms with Crippen molar-refractivity contribution in [1.29, 1.82) is 0 Å². The van der Waals surface area contributed by atoms with Crippen LogP contribution in [0.4, 0.5) is 0 Å². The molecule has 0 spiro atoms. The number of carboxylic acid groups (broad SMARTS) is 1. The third-order valence-corrected chi connectivity index (χ3v) is 6.55. The van der Waals surface area contributed by atoms with E-state index in [1.54, 1.807) is 7.11 Å². The Hall–Kier alpha value is -2.09. The molecule has 7 heteroatoms. The van der Waals surface area contributed by atoms with Gasteiger partial charge in [0.15, 0.2) is 0 Å². The van der Waals surface area contributed by atoms with Crippen molar-refractivity contribution in [3.63, 3.8) is 0 Å². The van der Waals surface area contributed by atoms with E-state index in [9.17, 15) is 15.0 Å². The number of hydrogen-bond donors (Lipinski definition) is 4. The maximum Gasteiger partial charge on any atom is 0.306 e. The van der Waals surface area contributed by atoms with E-state index in [4.69, 9.17) is 9.84 Å². The minimum atomic E-state index is -0.781. The molecule has 4 rings (SSSR count). The highest BCUT2D eigenvalue weighted by Crippen LogP contribution is 2.37. The maximum atomic E-state index is 11.5. The number of ether oxygens (including phenoxy) is 1. The highest BCUT2D eigenvalue weighted by Gasteiger charge is 2.39. The lowest BCUT2D eigenvalue weighted by molar-refractivity contribution is -0.148. The molecule has 160 valence electrons. The monoisotopic (exact) mass is 404 g/mol. The summed E-state index contributed by atoms with van der Waals surface area (Å²) in [5.74, 6) is -0.0841. The Balaban J connectivity index is 0.00000117. The lowest BCUT2D eigenvalue weighted by Gasteiger charge is -2.40. The van der Waals surface area contributed by atoms with E-state index in [0.717, 1.165) is 44.4 Å². The van der Waals surface area contributed by atoms with Crippen LogP contribution in [0, 0.1) is 17.8 Å². The highest BCUT2D eigenvalue weighted by molar-refractivity contribution is 5.86. The van der Waals surface area contributed by atoms with E-state index in [2.05, 4.69) is 16.0 Å². The van der Waals surface area contributed by atoms with Gasteiger partial charge in [0.1, 0.15) is 5.75 Å². The Morgan fingerprint density at radius 3 is 2.76 bits per heavy atom. The van der Waals surface area contributed by atoms with Crippen LogP contribution in [0.3, 0.4) is 0 Å². The Bertz CT molecular complexity index is 849. The van der Waals surface area contributed by atoms with Gasteiger partial charge in [-0.2, -0.15) is 0 Å². The summed E-state index contributed by atoms with van der Waals surface area (Å²) in [6, 6.07) is 6.16. The van der Waals surface area contributed by atoms with Gasteiger partial charge in [-0.3, -0.25) is 9.69 Å². The second-order valence-electron chi connectivity index (χ2n) is 8.17. The molecule has 29 heavy (non-hydrogen) atoms. The van der Waals surface area contributed by atoms with E-state index in [1.807, 2.05) is 19.1 Å². The van der Waals surface area contributed by atoms with Crippen LogP contribution < -0.4 is 4.74 Å². The van der Waals surface area contributed by atoms with Crippen LogP contribution in [0.5, 0.6) is 5.75 Å². The van der Waals surface area contributed by atoms with Gasteiger partial charge in [0.05, 0.1) is 19.1 Å². The van der Waals surface area contributed by atoms with Crippen molar-refractivity contribution in [3.8, 4) is 5.75 Å². The molecular formula is C22H32N2O5. The molecule has 0 radical (unpaired) electrons. The largest absolute Gasteiger partial charge is 0.497 e. The summed E-state index contributed by atoms with van der Waals surface area (Å²) in [4.78, 5) is 17.5. The van der Waals surface area contributed by atoms with Crippen LogP contribution in [0.2, 0.25) is 0 Å². The number of aliphatic hydroxyl groups is 2. The van der Waals surface area contributed by atoms with Gasteiger partial charge in [-0.05, 0) is 48.8 Å². The number of hydrogen-bond acceptors (Lipinski definition) is 5. The molecule has 1 fully saturated rings. The number of fused-ring (bicyclic) bond motifs is 3. The number of H-pyrrole nitrogens is 1. The molecule has 2 aromatic rings. The fraction of sp³-hybridized carbons (Fsp3) is 0.591. The van der Waals surface area contributed by atoms with Crippen molar-refractivity contribution in [2.45, 2.75) is 38.8 Å². The fourth-order valence-corrected chi connectivity index (χ4v) is 4.96. The zero-order valence-electron chi connectivity index (χ0n) is 17.4. The van der Waals surface area contributed by atoms with Gasteiger partial charge in [-0.25, -0.2) is 0 Å². The average molecular weight is 405 g/mol. The minimum Gasteiger partial charge on any atom is -0.497 e. The van der Waals surface area contributed by atoms with Crippen LogP contribution >= 0.6 is 0 Å². The number of nitrogens with zero attached hydrogens (tertiary/aromatic N) is 1. The molecule has 1 saturated carbocycles. The minimum absolute atomic E-state index is 0.0827. The first-order chi connectivity index (χ1) is 14.0. The van der Waals surface area contributed by atoms with Crippen LogP contribution in [0.25, 0.3) is 10.9 Å². The topological polar surface area (TPSA) is 106 Å². The van der Waals surface area contributed by atoms with Crippen molar-refractivity contribution >= 4 is 16.9 Å². The number of rotatable bonds is 4. The molecule has 1 aromatic carbocycles. The Labute approximate surface area is 171 Å². The van der Waals surface area contributed by atoms with E-state index >= 15 is 0 Å². The second-order valence-corrected chi connectivity index (χ2v) is 8.17. The lowest BCUT2D eigenvalue weighted by Crippen LogP contribution is -2.44. The van der Waals surface area contributed by atoms with Crippen molar-refractivity contribution < 1.29 is 24.9 Å². The molecule has 1 aromatic heterocycles. The molecule has 0 saturated heterocycles. The number of carboxylic acids is 1. The standard InChI is InChI=1S/C21H28N2O4.CH4O/c1-12-13(7-14(24)8-18(12)21(25)26)10-23-6-5-17-16-4-3-15(27-2)9-19(16)22-20(17)11-23;1-2/h3-4,9,12-14,18,22,24H,5-8,10-11H2,1-2H3,(H,25,26);2H,1H3. The van der Waals surface area contributed by atoms with Gasteiger partial charge in [0.25, 0.3) is 0 Å². The molecule has 7 nitrogen and oxygen atoms in total. The second kappa shape index (κ2) is 9.15. The Kier molecular flexibility index (Phi) is 6.82. The third kappa shape index (κ3) is 4.42. The van der Waals surface area contributed by atoms with E-state index in [0.29, 0.717) is 12.8 Å².